The predicted octanol–water partition coefficient (Wildman–Crippen LogP) is 17.0. The van der Waals surface area contributed by atoms with Crippen LogP contribution >= 0.6 is 11.3 Å². The standard InChI is InChI=1S/C63H40N4S/c1-6-19-41(20-7-1)49-30-18-31-50(42-21-8-2-9-22-42)58(49)46-34-35-48(54(39-46)63-65-61(43-23-10-3-11-24-43)64-62(66-63)44-25-12-4-13-26-44)45-33-36-51-52-37-38-56-59(60(52)68-57(51)40-45)53-29-16-17-32-55(53)67(56)47-27-14-5-15-28-47/h1-40H. The molecule has 0 aliphatic rings. The molecule has 4 nitrogen and oxygen atoms in total. The monoisotopic (exact) mass is 884 g/mol. The first-order valence-electron chi connectivity index (χ1n) is 22.9. The highest BCUT2D eigenvalue weighted by Crippen LogP contribution is 2.47. The van der Waals surface area contributed by atoms with Crippen LogP contribution in [-0.4, -0.2) is 19.5 Å². The second-order valence-corrected chi connectivity index (χ2v) is 18.1. The fourth-order valence-electron chi connectivity index (χ4n) is 9.95. The molecule has 0 aliphatic carbocycles. The number of thiophene rings is 1. The number of fused-ring (bicyclic) bond motifs is 7. The molecule has 13 rings (SSSR count). The number of nitrogens with zero attached hydrogens (tertiary/aromatic N) is 4. The van der Waals surface area contributed by atoms with E-state index in [-0.39, 0.29) is 0 Å². The lowest BCUT2D eigenvalue weighted by molar-refractivity contribution is 1.07. The molecule has 5 heteroatoms. The minimum atomic E-state index is 0.611. The summed E-state index contributed by atoms with van der Waals surface area (Å²) in [5, 5.41) is 5.05. The summed E-state index contributed by atoms with van der Waals surface area (Å²) in [6, 6.07) is 86.4. The molecule has 3 heterocycles. The fraction of sp³-hybridized carbons (Fsp3) is 0. The third-order valence-electron chi connectivity index (χ3n) is 13.1. The van der Waals surface area contributed by atoms with Crippen LogP contribution in [-0.2, 0) is 0 Å². The molecular weight excluding hydrogens is 845 g/mol. The summed E-state index contributed by atoms with van der Waals surface area (Å²) in [6.07, 6.45) is 0. The third-order valence-corrected chi connectivity index (χ3v) is 14.3. The number of para-hydroxylation sites is 2. The molecule has 0 amide bonds. The van der Waals surface area contributed by atoms with Crippen LogP contribution in [0.25, 0.3) is 126 Å². The topological polar surface area (TPSA) is 43.6 Å². The summed E-state index contributed by atoms with van der Waals surface area (Å²) in [4.78, 5) is 15.8. The molecule has 0 saturated carbocycles. The normalized spacial score (nSPS) is 11.5. The highest BCUT2D eigenvalue weighted by molar-refractivity contribution is 7.26. The van der Waals surface area contributed by atoms with Gasteiger partial charge in [-0.25, -0.2) is 15.0 Å². The Morgan fingerprint density at radius 1 is 0.309 bits per heavy atom. The lowest BCUT2D eigenvalue weighted by Crippen LogP contribution is -2.01. The van der Waals surface area contributed by atoms with Crippen molar-refractivity contribution < 1.29 is 0 Å². The van der Waals surface area contributed by atoms with Gasteiger partial charge in [-0.3, -0.25) is 0 Å². The number of benzene rings is 10. The summed E-state index contributed by atoms with van der Waals surface area (Å²) in [6.45, 7) is 0. The van der Waals surface area contributed by atoms with Crippen LogP contribution in [0.5, 0.6) is 0 Å². The van der Waals surface area contributed by atoms with E-state index in [1.807, 2.05) is 47.7 Å². The second kappa shape index (κ2) is 16.6. The first-order valence-corrected chi connectivity index (χ1v) is 23.7. The van der Waals surface area contributed by atoms with Gasteiger partial charge in [0.05, 0.1) is 11.0 Å². The molecule has 3 aromatic heterocycles. The SMILES string of the molecule is c1ccc(-c2nc(-c3ccccc3)nc(-c3cc(-c4c(-c5ccccc5)cccc4-c4ccccc4)ccc3-c3ccc4c(c3)sc3c4ccc4c3c3ccccc3n4-c3ccccc3)n2)cc1. The van der Waals surface area contributed by atoms with Crippen LogP contribution in [0.3, 0.4) is 0 Å². The van der Waals surface area contributed by atoms with E-state index < -0.39 is 0 Å². The maximum Gasteiger partial charge on any atom is 0.164 e. The molecule has 0 saturated heterocycles. The van der Waals surface area contributed by atoms with E-state index in [0.29, 0.717) is 17.5 Å². The number of hydrogen-bond donors (Lipinski definition) is 0. The minimum Gasteiger partial charge on any atom is -0.309 e. The van der Waals surface area contributed by atoms with Gasteiger partial charge in [0, 0.05) is 53.3 Å². The maximum atomic E-state index is 5.35. The van der Waals surface area contributed by atoms with E-state index in [1.165, 1.54) is 42.0 Å². The van der Waals surface area contributed by atoms with Gasteiger partial charge in [0.2, 0.25) is 0 Å². The van der Waals surface area contributed by atoms with Crippen molar-refractivity contribution >= 4 is 53.3 Å². The first-order chi connectivity index (χ1) is 33.7. The van der Waals surface area contributed by atoms with Crippen molar-refractivity contribution in [3.8, 4) is 84.4 Å². The van der Waals surface area contributed by atoms with Crippen LogP contribution < -0.4 is 0 Å². The number of aromatic nitrogens is 4. The lowest BCUT2D eigenvalue weighted by atomic mass is 9.86. The van der Waals surface area contributed by atoms with Gasteiger partial charge < -0.3 is 4.57 Å². The van der Waals surface area contributed by atoms with Crippen molar-refractivity contribution in [1.29, 1.82) is 0 Å². The second-order valence-electron chi connectivity index (χ2n) is 17.1. The zero-order chi connectivity index (χ0) is 45.0. The average Bonchev–Trinajstić information content (AvgIpc) is 3.97. The van der Waals surface area contributed by atoms with Crippen molar-refractivity contribution in [2.24, 2.45) is 0 Å². The van der Waals surface area contributed by atoms with E-state index >= 15 is 0 Å². The van der Waals surface area contributed by atoms with Gasteiger partial charge in [-0.15, -0.1) is 11.3 Å². The Hall–Kier alpha value is -8.77. The van der Waals surface area contributed by atoms with Gasteiger partial charge in [-0.1, -0.05) is 206 Å². The van der Waals surface area contributed by atoms with Crippen molar-refractivity contribution in [2.45, 2.75) is 0 Å². The molecule has 318 valence electrons. The molecule has 0 spiro atoms. The number of hydrogen-bond acceptors (Lipinski definition) is 4. The van der Waals surface area contributed by atoms with Gasteiger partial charge in [-0.2, -0.15) is 0 Å². The van der Waals surface area contributed by atoms with Crippen molar-refractivity contribution in [2.75, 3.05) is 0 Å². The Morgan fingerprint density at radius 2 is 0.838 bits per heavy atom. The quantitative estimate of drug-likeness (QED) is 0.153. The Balaban J connectivity index is 1.07. The van der Waals surface area contributed by atoms with Crippen LogP contribution in [0.1, 0.15) is 0 Å². The van der Waals surface area contributed by atoms with E-state index in [1.54, 1.807) is 0 Å². The average molecular weight is 885 g/mol. The fourth-order valence-corrected chi connectivity index (χ4v) is 11.3. The van der Waals surface area contributed by atoms with Gasteiger partial charge in [-0.05, 0) is 80.9 Å². The molecule has 0 atom stereocenters. The molecular formula is C63H40N4S. The third kappa shape index (κ3) is 6.79. The Morgan fingerprint density at radius 3 is 1.47 bits per heavy atom. The Kier molecular flexibility index (Phi) is 9.66. The predicted molar refractivity (Wildman–Crippen MR) is 285 cm³/mol. The zero-order valence-corrected chi connectivity index (χ0v) is 37.6. The minimum absolute atomic E-state index is 0.611. The molecule has 0 unspecified atom stereocenters. The van der Waals surface area contributed by atoms with Gasteiger partial charge in [0.25, 0.3) is 0 Å². The Labute approximate surface area is 397 Å². The summed E-state index contributed by atoms with van der Waals surface area (Å²) in [7, 11) is 0. The first kappa shape index (κ1) is 39.6. The zero-order valence-electron chi connectivity index (χ0n) is 36.8. The maximum absolute atomic E-state index is 5.35. The molecule has 0 radical (unpaired) electrons. The molecule has 0 bridgehead atoms. The largest absolute Gasteiger partial charge is 0.309 e. The van der Waals surface area contributed by atoms with Crippen LogP contribution in [0.15, 0.2) is 243 Å². The summed E-state index contributed by atoms with van der Waals surface area (Å²) in [5.41, 5.74) is 15.3. The molecule has 0 aliphatic heterocycles. The molecule has 0 fully saturated rings. The van der Waals surface area contributed by atoms with Crippen LogP contribution in [0, 0.1) is 0 Å². The van der Waals surface area contributed by atoms with Crippen molar-refractivity contribution in [3.05, 3.63) is 243 Å². The van der Waals surface area contributed by atoms with Gasteiger partial charge >= 0.3 is 0 Å². The smallest absolute Gasteiger partial charge is 0.164 e. The highest BCUT2D eigenvalue weighted by atomic mass is 32.1. The van der Waals surface area contributed by atoms with Gasteiger partial charge in [0.15, 0.2) is 17.5 Å². The van der Waals surface area contributed by atoms with Crippen molar-refractivity contribution in [1.82, 2.24) is 19.5 Å². The summed E-state index contributed by atoms with van der Waals surface area (Å²) < 4.78 is 4.91. The van der Waals surface area contributed by atoms with Gasteiger partial charge in [0.1, 0.15) is 0 Å². The van der Waals surface area contributed by atoms with E-state index in [9.17, 15) is 0 Å². The molecule has 10 aromatic carbocycles. The molecule has 68 heavy (non-hydrogen) atoms. The molecule has 13 aromatic rings. The highest BCUT2D eigenvalue weighted by Gasteiger charge is 2.22. The molecule has 0 N–H and O–H groups in total. The lowest BCUT2D eigenvalue weighted by Gasteiger charge is -2.19. The summed E-state index contributed by atoms with van der Waals surface area (Å²) >= 11 is 1.87. The Bertz CT molecular complexity index is 3880. The van der Waals surface area contributed by atoms with E-state index in [2.05, 4.69) is 211 Å². The van der Waals surface area contributed by atoms with E-state index in [0.717, 1.165) is 66.9 Å². The van der Waals surface area contributed by atoms with Crippen molar-refractivity contribution in [3.63, 3.8) is 0 Å². The van der Waals surface area contributed by atoms with E-state index in [4.69, 9.17) is 15.0 Å². The number of rotatable bonds is 8. The van der Waals surface area contributed by atoms with Crippen LogP contribution in [0.2, 0.25) is 0 Å². The summed E-state index contributed by atoms with van der Waals surface area (Å²) in [5.74, 6) is 1.86. The van der Waals surface area contributed by atoms with Crippen LogP contribution in [0.4, 0.5) is 0 Å².